The van der Waals surface area contributed by atoms with Crippen LogP contribution in [0.25, 0.3) is 0 Å². The molecular weight excluding hydrogens is 312 g/mol. The first-order valence-electron chi connectivity index (χ1n) is 8.71. The predicted molar refractivity (Wildman–Crippen MR) is 102 cm³/mol. The number of amides is 2. The molecule has 132 valence electrons. The van der Waals surface area contributed by atoms with Gasteiger partial charge < -0.3 is 10.6 Å². The Hall–Kier alpha value is -2.62. The van der Waals surface area contributed by atoms with Gasteiger partial charge in [0.05, 0.1) is 0 Å². The Bertz CT molecular complexity index is 724. The van der Waals surface area contributed by atoms with Crippen molar-refractivity contribution in [1.82, 2.24) is 5.32 Å². The zero-order valence-electron chi connectivity index (χ0n) is 15.1. The van der Waals surface area contributed by atoms with E-state index in [2.05, 4.69) is 24.5 Å². The van der Waals surface area contributed by atoms with E-state index in [0.29, 0.717) is 30.9 Å². The van der Waals surface area contributed by atoms with Crippen LogP contribution in [-0.4, -0.2) is 18.4 Å². The van der Waals surface area contributed by atoms with E-state index in [0.717, 1.165) is 16.8 Å². The fourth-order valence-corrected chi connectivity index (χ4v) is 2.69. The molecule has 2 rings (SSSR count). The molecule has 0 aliphatic rings. The summed E-state index contributed by atoms with van der Waals surface area (Å²) in [7, 11) is 0. The molecule has 0 saturated carbocycles. The summed E-state index contributed by atoms with van der Waals surface area (Å²) in [6.45, 7) is 6.71. The van der Waals surface area contributed by atoms with E-state index in [1.54, 1.807) is 12.1 Å². The van der Waals surface area contributed by atoms with Gasteiger partial charge in [-0.15, -0.1) is 0 Å². The van der Waals surface area contributed by atoms with Crippen LogP contribution in [0, 0.1) is 6.92 Å². The van der Waals surface area contributed by atoms with Gasteiger partial charge in [-0.05, 0) is 42.5 Å². The summed E-state index contributed by atoms with van der Waals surface area (Å²) in [5, 5.41) is 5.87. The number of aryl methyl sites for hydroxylation is 1. The molecule has 2 amide bonds. The lowest BCUT2D eigenvalue weighted by atomic mass is 9.98. The normalized spacial score (nSPS) is 10.6. The molecule has 0 aliphatic carbocycles. The van der Waals surface area contributed by atoms with Gasteiger partial charge >= 0.3 is 0 Å². The SMILES string of the molecule is Cc1cccc(C(C)C)c1NC(=O)CCCNC(=O)c1ccccc1. The summed E-state index contributed by atoms with van der Waals surface area (Å²) in [6.07, 6.45) is 0.980. The molecule has 0 saturated heterocycles. The van der Waals surface area contributed by atoms with Crippen molar-refractivity contribution >= 4 is 17.5 Å². The van der Waals surface area contributed by atoms with Crippen molar-refractivity contribution in [3.8, 4) is 0 Å². The second kappa shape index (κ2) is 9.02. The third kappa shape index (κ3) is 5.45. The molecule has 2 N–H and O–H groups in total. The lowest BCUT2D eigenvalue weighted by molar-refractivity contribution is -0.116. The van der Waals surface area contributed by atoms with E-state index in [1.165, 1.54) is 0 Å². The van der Waals surface area contributed by atoms with Crippen molar-refractivity contribution < 1.29 is 9.59 Å². The molecule has 0 aliphatic heterocycles. The monoisotopic (exact) mass is 338 g/mol. The van der Waals surface area contributed by atoms with Gasteiger partial charge in [0, 0.05) is 24.2 Å². The summed E-state index contributed by atoms with van der Waals surface area (Å²) >= 11 is 0. The van der Waals surface area contributed by atoms with Crippen molar-refractivity contribution in [3.63, 3.8) is 0 Å². The third-order valence-corrected chi connectivity index (χ3v) is 4.09. The van der Waals surface area contributed by atoms with Gasteiger partial charge in [-0.2, -0.15) is 0 Å². The molecule has 0 bridgehead atoms. The quantitative estimate of drug-likeness (QED) is 0.741. The summed E-state index contributed by atoms with van der Waals surface area (Å²) in [5.74, 6) is 0.215. The average molecular weight is 338 g/mol. The van der Waals surface area contributed by atoms with E-state index in [1.807, 2.05) is 43.3 Å². The number of carbonyl (C=O) groups excluding carboxylic acids is 2. The highest BCUT2D eigenvalue weighted by Gasteiger charge is 2.12. The summed E-state index contributed by atoms with van der Waals surface area (Å²) in [6, 6.07) is 15.1. The molecule has 0 radical (unpaired) electrons. The largest absolute Gasteiger partial charge is 0.352 e. The zero-order chi connectivity index (χ0) is 18.2. The average Bonchev–Trinajstić information content (AvgIpc) is 2.60. The molecule has 0 spiro atoms. The number of para-hydroxylation sites is 1. The molecule has 2 aromatic rings. The van der Waals surface area contributed by atoms with Crippen LogP contribution in [-0.2, 0) is 4.79 Å². The van der Waals surface area contributed by atoms with E-state index < -0.39 is 0 Å². The van der Waals surface area contributed by atoms with Crippen LogP contribution in [0.4, 0.5) is 5.69 Å². The molecule has 0 atom stereocenters. The first kappa shape index (κ1) is 18.7. The summed E-state index contributed by atoms with van der Waals surface area (Å²) < 4.78 is 0. The van der Waals surface area contributed by atoms with Crippen LogP contribution in [0.2, 0.25) is 0 Å². The van der Waals surface area contributed by atoms with Crippen molar-refractivity contribution in [2.24, 2.45) is 0 Å². The molecule has 0 heterocycles. The minimum Gasteiger partial charge on any atom is -0.352 e. The number of rotatable bonds is 7. The van der Waals surface area contributed by atoms with Crippen LogP contribution >= 0.6 is 0 Å². The number of nitrogens with one attached hydrogen (secondary N) is 2. The Kier molecular flexibility index (Phi) is 6.75. The maximum absolute atomic E-state index is 12.2. The molecule has 4 nitrogen and oxygen atoms in total. The fraction of sp³-hybridized carbons (Fsp3) is 0.333. The minimum atomic E-state index is -0.109. The number of carbonyl (C=O) groups is 2. The van der Waals surface area contributed by atoms with Crippen molar-refractivity contribution in [2.75, 3.05) is 11.9 Å². The van der Waals surface area contributed by atoms with Crippen LogP contribution in [0.5, 0.6) is 0 Å². The Balaban J connectivity index is 1.81. The Morgan fingerprint density at radius 3 is 2.40 bits per heavy atom. The van der Waals surface area contributed by atoms with Gasteiger partial charge in [0.2, 0.25) is 5.91 Å². The number of anilines is 1. The van der Waals surface area contributed by atoms with Crippen LogP contribution in [0.1, 0.15) is 54.1 Å². The minimum absolute atomic E-state index is 0.0230. The van der Waals surface area contributed by atoms with Crippen LogP contribution < -0.4 is 10.6 Å². The second-order valence-electron chi connectivity index (χ2n) is 6.47. The van der Waals surface area contributed by atoms with Crippen molar-refractivity contribution in [2.45, 2.75) is 39.5 Å². The summed E-state index contributed by atoms with van der Waals surface area (Å²) in [4.78, 5) is 24.2. The lowest BCUT2D eigenvalue weighted by Crippen LogP contribution is -2.25. The molecule has 0 aromatic heterocycles. The third-order valence-electron chi connectivity index (χ3n) is 4.09. The van der Waals surface area contributed by atoms with Gasteiger partial charge in [0.1, 0.15) is 0 Å². The highest BCUT2D eigenvalue weighted by molar-refractivity contribution is 5.94. The van der Waals surface area contributed by atoms with Crippen molar-refractivity contribution in [3.05, 3.63) is 65.2 Å². The van der Waals surface area contributed by atoms with Gasteiger partial charge in [-0.1, -0.05) is 50.2 Å². The molecule has 0 unspecified atom stereocenters. The van der Waals surface area contributed by atoms with E-state index >= 15 is 0 Å². The molecule has 0 fully saturated rings. The fourth-order valence-electron chi connectivity index (χ4n) is 2.69. The zero-order valence-corrected chi connectivity index (χ0v) is 15.1. The van der Waals surface area contributed by atoms with Crippen LogP contribution in [0.3, 0.4) is 0 Å². The second-order valence-corrected chi connectivity index (χ2v) is 6.47. The first-order chi connectivity index (χ1) is 12.0. The summed E-state index contributed by atoms with van der Waals surface area (Å²) in [5.41, 5.74) is 3.76. The van der Waals surface area contributed by atoms with E-state index in [-0.39, 0.29) is 11.8 Å². The number of hydrogen-bond donors (Lipinski definition) is 2. The van der Waals surface area contributed by atoms with Crippen LogP contribution in [0.15, 0.2) is 48.5 Å². The maximum atomic E-state index is 12.2. The molecule has 25 heavy (non-hydrogen) atoms. The van der Waals surface area contributed by atoms with Crippen molar-refractivity contribution in [1.29, 1.82) is 0 Å². The Morgan fingerprint density at radius 2 is 1.72 bits per heavy atom. The molecular formula is C21H26N2O2. The number of hydrogen-bond acceptors (Lipinski definition) is 2. The van der Waals surface area contributed by atoms with E-state index in [9.17, 15) is 9.59 Å². The van der Waals surface area contributed by atoms with Gasteiger partial charge in [-0.3, -0.25) is 9.59 Å². The Morgan fingerprint density at radius 1 is 1.00 bits per heavy atom. The van der Waals surface area contributed by atoms with Gasteiger partial charge in [0.25, 0.3) is 5.91 Å². The first-order valence-corrected chi connectivity index (χ1v) is 8.71. The highest BCUT2D eigenvalue weighted by atomic mass is 16.2. The lowest BCUT2D eigenvalue weighted by Gasteiger charge is -2.16. The number of benzene rings is 2. The smallest absolute Gasteiger partial charge is 0.251 e. The van der Waals surface area contributed by atoms with Gasteiger partial charge in [-0.25, -0.2) is 0 Å². The van der Waals surface area contributed by atoms with Gasteiger partial charge in [0.15, 0.2) is 0 Å². The van der Waals surface area contributed by atoms with E-state index in [4.69, 9.17) is 0 Å². The standard InChI is InChI=1S/C21H26N2O2/c1-15(2)18-12-7-9-16(3)20(18)23-19(24)13-8-14-22-21(25)17-10-5-4-6-11-17/h4-7,9-12,15H,8,13-14H2,1-3H3,(H,22,25)(H,23,24). The highest BCUT2D eigenvalue weighted by Crippen LogP contribution is 2.27. The Labute approximate surface area is 149 Å². The maximum Gasteiger partial charge on any atom is 0.251 e. The topological polar surface area (TPSA) is 58.2 Å². The molecule has 4 heteroatoms. The predicted octanol–water partition coefficient (Wildman–Crippen LogP) is 4.27. The molecule has 2 aromatic carbocycles.